The van der Waals surface area contributed by atoms with Gasteiger partial charge in [0.1, 0.15) is 0 Å². The molecule has 0 atom stereocenters. The number of hydrogen-bond acceptors (Lipinski definition) is 3. The molecule has 24 heavy (non-hydrogen) atoms. The monoisotopic (exact) mass is 334 g/mol. The standard InChI is InChI=1S/2C7H6O2.C2H4O2.C2H6/c2*8-7(9)6-4-2-1-3-5-6;1-2(3)4;1-2/h2*1-5H,(H,8,9);1H3,(H,3,4);1-2H3. The van der Waals surface area contributed by atoms with Gasteiger partial charge < -0.3 is 15.3 Å². The van der Waals surface area contributed by atoms with Crippen LogP contribution in [-0.2, 0) is 4.79 Å². The first-order valence-corrected chi connectivity index (χ1v) is 7.10. The van der Waals surface area contributed by atoms with E-state index in [-0.39, 0.29) is 0 Å². The minimum atomic E-state index is -0.879. The predicted octanol–water partition coefficient (Wildman–Crippen LogP) is 3.89. The van der Waals surface area contributed by atoms with E-state index in [4.69, 9.17) is 20.1 Å². The van der Waals surface area contributed by atoms with Crippen molar-refractivity contribution in [1.82, 2.24) is 0 Å². The van der Waals surface area contributed by atoms with Crippen LogP contribution >= 0.6 is 0 Å². The fraction of sp³-hybridized carbons (Fsp3) is 0.167. The van der Waals surface area contributed by atoms with Crippen LogP contribution in [-0.4, -0.2) is 33.2 Å². The van der Waals surface area contributed by atoms with Gasteiger partial charge in [0.25, 0.3) is 5.97 Å². The summed E-state index contributed by atoms with van der Waals surface area (Å²) >= 11 is 0. The number of carboxylic acids is 3. The van der Waals surface area contributed by atoms with E-state index in [2.05, 4.69) is 0 Å². The number of aromatic carboxylic acids is 2. The third kappa shape index (κ3) is 13.8. The normalized spacial score (nSPS) is 7.96. The summed E-state index contributed by atoms with van der Waals surface area (Å²) in [5, 5.41) is 24.2. The molecule has 6 nitrogen and oxygen atoms in total. The SMILES string of the molecule is CC.CC(=O)O.O=C(O)c1ccccc1.O=C(O)c1ccccc1. The molecule has 0 heterocycles. The Morgan fingerprint density at radius 1 is 0.625 bits per heavy atom. The van der Waals surface area contributed by atoms with Crippen molar-refractivity contribution in [3.63, 3.8) is 0 Å². The molecule has 130 valence electrons. The maximum Gasteiger partial charge on any atom is 0.335 e. The molecule has 2 rings (SSSR count). The van der Waals surface area contributed by atoms with Crippen LogP contribution in [0.4, 0.5) is 0 Å². The van der Waals surface area contributed by atoms with Gasteiger partial charge in [0.2, 0.25) is 0 Å². The van der Waals surface area contributed by atoms with Gasteiger partial charge in [0.15, 0.2) is 0 Å². The summed E-state index contributed by atoms with van der Waals surface area (Å²) in [6.07, 6.45) is 0. The maximum absolute atomic E-state index is 10.2. The molecule has 0 fully saturated rings. The van der Waals surface area contributed by atoms with Crippen molar-refractivity contribution in [1.29, 1.82) is 0 Å². The van der Waals surface area contributed by atoms with Gasteiger partial charge in [-0.2, -0.15) is 0 Å². The van der Waals surface area contributed by atoms with E-state index in [1.54, 1.807) is 60.7 Å². The zero-order valence-electron chi connectivity index (χ0n) is 13.8. The number of aliphatic carboxylic acids is 1. The molecule has 0 aromatic heterocycles. The van der Waals surface area contributed by atoms with Gasteiger partial charge in [-0.1, -0.05) is 50.2 Å². The topological polar surface area (TPSA) is 112 Å². The molecule has 0 spiro atoms. The summed E-state index contributed by atoms with van der Waals surface area (Å²) in [6.45, 7) is 5.08. The van der Waals surface area contributed by atoms with E-state index in [0.29, 0.717) is 11.1 Å². The van der Waals surface area contributed by atoms with Gasteiger partial charge in [-0.15, -0.1) is 0 Å². The summed E-state index contributed by atoms with van der Waals surface area (Å²) in [5.41, 5.74) is 0.662. The largest absolute Gasteiger partial charge is 0.481 e. The van der Waals surface area contributed by atoms with Gasteiger partial charge in [-0.3, -0.25) is 4.79 Å². The number of benzene rings is 2. The summed E-state index contributed by atoms with van der Waals surface area (Å²) in [5.74, 6) is -2.59. The van der Waals surface area contributed by atoms with Crippen LogP contribution in [0.5, 0.6) is 0 Å². The predicted molar refractivity (Wildman–Crippen MR) is 91.5 cm³/mol. The molecule has 0 aliphatic rings. The molecular formula is C18H22O6. The number of carboxylic acid groups (broad SMARTS) is 3. The minimum Gasteiger partial charge on any atom is -0.481 e. The van der Waals surface area contributed by atoms with E-state index in [1.807, 2.05) is 13.8 Å². The van der Waals surface area contributed by atoms with Crippen molar-refractivity contribution in [2.24, 2.45) is 0 Å². The third-order valence-electron chi connectivity index (χ3n) is 2.04. The molecule has 0 amide bonds. The Morgan fingerprint density at radius 3 is 0.958 bits per heavy atom. The fourth-order valence-corrected chi connectivity index (χ4v) is 1.16. The zero-order valence-corrected chi connectivity index (χ0v) is 13.8. The Balaban J connectivity index is 0. The number of rotatable bonds is 2. The van der Waals surface area contributed by atoms with E-state index >= 15 is 0 Å². The second kappa shape index (κ2) is 14.8. The van der Waals surface area contributed by atoms with Crippen molar-refractivity contribution in [3.05, 3.63) is 71.8 Å². The molecule has 6 heteroatoms. The first-order chi connectivity index (χ1) is 11.3. The van der Waals surface area contributed by atoms with Crippen molar-refractivity contribution in [2.75, 3.05) is 0 Å². The highest BCUT2D eigenvalue weighted by Gasteiger charge is 1.97. The van der Waals surface area contributed by atoms with Crippen LogP contribution in [0.1, 0.15) is 41.5 Å². The van der Waals surface area contributed by atoms with E-state index in [1.165, 1.54) is 0 Å². The van der Waals surface area contributed by atoms with Gasteiger partial charge in [0, 0.05) is 6.92 Å². The van der Waals surface area contributed by atoms with Crippen LogP contribution < -0.4 is 0 Å². The summed E-state index contributed by atoms with van der Waals surface area (Å²) < 4.78 is 0. The van der Waals surface area contributed by atoms with Gasteiger partial charge in [0.05, 0.1) is 11.1 Å². The quantitative estimate of drug-likeness (QED) is 0.768. The van der Waals surface area contributed by atoms with E-state index in [9.17, 15) is 9.59 Å². The lowest BCUT2D eigenvalue weighted by Gasteiger charge is -1.88. The molecule has 3 N–H and O–H groups in total. The molecule has 0 aliphatic carbocycles. The van der Waals surface area contributed by atoms with Gasteiger partial charge in [-0.25, -0.2) is 9.59 Å². The molecule has 0 radical (unpaired) electrons. The van der Waals surface area contributed by atoms with Crippen molar-refractivity contribution in [3.8, 4) is 0 Å². The fourth-order valence-electron chi connectivity index (χ4n) is 1.16. The first kappa shape index (κ1) is 23.1. The minimum absolute atomic E-state index is 0.331. The molecule has 2 aromatic carbocycles. The molecule has 0 unspecified atom stereocenters. The van der Waals surface area contributed by atoms with Crippen LogP contribution in [0, 0.1) is 0 Å². The molecule has 0 bridgehead atoms. The molecule has 2 aromatic rings. The Labute approximate surface area is 141 Å². The Kier molecular flexibility index (Phi) is 14.2. The van der Waals surface area contributed by atoms with Crippen LogP contribution in [0.15, 0.2) is 60.7 Å². The Hall–Kier alpha value is -3.15. The summed E-state index contributed by atoms with van der Waals surface area (Å²) in [6, 6.07) is 16.6. The average Bonchev–Trinajstić information content (AvgIpc) is 2.58. The second-order valence-corrected chi connectivity index (χ2v) is 3.86. The number of hydrogen-bond donors (Lipinski definition) is 3. The Bertz CT molecular complexity index is 540. The average molecular weight is 334 g/mol. The van der Waals surface area contributed by atoms with E-state index in [0.717, 1.165) is 6.92 Å². The van der Waals surface area contributed by atoms with Crippen LogP contribution in [0.2, 0.25) is 0 Å². The Morgan fingerprint density at radius 2 is 0.833 bits per heavy atom. The third-order valence-corrected chi connectivity index (χ3v) is 2.04. The summed E-state index contributed by atoms with van der Waals surface area (Å²) in [4.78, 5) is 29.4. The molecule has 0 saturated carbocycles. The van der Waals surface area contributed by atoms with Crippen LogP contribution in [0.25, 0.3) is 0 Å². The first-order valence-electron chi connectivity index (χ1n) is 7.10. The highest BCUT2D eigenvalue weighted by molar-refractivity contribution is 5.87. The zero-order chi connectivity index (χ0) is 19.0. The lowest BCUT2D eigenvalue weighted by Crippen LogP contribution is -1.93. The maximum atomic E-state index is 10.2. The van der Waals surface area contributed by atoms with Crippen molar-refractivity contribution >= 4 is 17.9 Å². The van der Waals surface area contributed by atoms with Crippen LogP contribution in [0.3, 0.4) is 0 Å². The van der Waals surface area contributed by atoms with Crippen molar-refractivity contribution in [2.45, 2.75) is 20.8 Å². The second-order valence-electron chi connectivity index (χ2n) is 3.86. The lowest BCUT2D eigenvalue weighted by molar-refractivity contribution is -0.134. The molecule has 0 saturated heterocycles. The summed E-state index contributed by atoms with van der Waals surface area (Å²) in [7, 11) is 0. The highest BCUT2D eigenvalue weighted by atomic mass is 16.4. The molecular weight excluding hydrogens is 312 g/mol. The lowest BCUT2D eigenvalue weighted by atomic mass is 10.2. The smallest absolute Gasteiger partial charge is 0.335 e. The molecule has 0 aliphatic heterocycles. The van der Waals surface area contributed by atoms with Gasteiger partial charge in [-0.05, 0) is 24.3 Å². The highest BCUT2D eigenvalue weighted by Crippen LogP contribution is 1.96. The van der Waals surface area contributed by atoms with Crippen molar-refractivity contribution < 1.29 is 29.7 Å². The number of carbonyl (C=O) groups is 3. The van der Waals surface area contributed by atoms with Gasteiger partial charge >= 0.3 is 11.9 Å². The van der Waals surface area contributed by atoms with E-state index < -0.39 is 17.9 Å².